The number of carbonyl (C=O) groups excluding carboxylic acids is 1. The van der Waals surface area contributed by atoms with Crippen LogP contribution in [0.5, 0.6) is 0 Å². The molecule has 0 aliphatic carbocycles. The van der Waals surface area contributed by atoms with Crippen molar-refractivity contribution >= 4 is 27.0 Å². The summed E-state index contributed by atoms with van der Waals surface area (Å²) < 4.78 is 26.4. The highest BCUT2D eigenvalue weighted by Gasteiger charge is 2.24. The van der Waals surface area contributed by atoms with E-state index in [0.29, 0.717) is 32.7 Å². The first kappa shape index (κ1) is 17.8. The Balaban J connectivity index is 1.51. The van der Waals surface area contributed by atoms with Gasteiger partial charge in [0.2, 0.25) is 15.9 Å². The third-order valence-electron chi connectivity index (χ3n) is 4.49. The maximum absolute atomic E-state index is 12.2. The van der Waals surface area contributed by atoms with E-state index in [2.05, 4.69) is 10.3 Å². The second kappa shape index (κ2) is 7.11. The van der Waals surface area contributed by atoms with Crippen molar-refractivity contribution in [2.75, 3.05) is 39.0 Å². The van der Waals surface area contributed by atoms with Gasteiger partial charge in [-0.3, -0.25) is 9.69 Å². The number of imidazole rings is 1. The lowest BCUT2D eigenvalue weighted by molar-refractivity contribution is -0.122. The molecule has 1 amide bonds. The number of fused-ring (bicyclic) bond motifs is 1. The summed E-state index contributed by atoms with van der Waals surface area (Å²) in [7, 11) is -1.21. The van der Waals surface area contributed by atoms with Crippen LogP contribution in [0.15, 0.2) is 24.3 Å². The van der Waals surface area contributed by atoms with E-state index in [1.807, 2.05) is 40.8 Å². The van der Waals surface area contributed by atoms with Crippen LogP contribution in [0.4, 0.5) is 0 Å². The summed E-state index contributed by atoms with van der Waals surface area (Å²) in [5.74, 6) is 0.719. The Morgan fingerprint density at radius 2 is 1.88 bits per heavy atom. The highest BCUT2D eigenvalue weighted by atomic mass is 32.2. The molecule has 0 atom stereocenters. The summed E-state index contributed by atoms with van der Waals surface area (Å²) in [5.41, 5.74) is 1.94. The first-order chi connectivity index (χ1) is 11.8. The molecule has 0 bridgehead atoms. The average molecular weight is 365 g/mol. The van der Waals surface area contributed by atoms with Crippen LogP contribution in [-0.4, -0.2) is 72.1 Å². The Labute approximate surface area is 147 Å². The Morgan fingerprint density at radius 3 is 2.52 bits per heavy atom. The first-order valence-corrected chi connectivity index (χ1v) is 10.0. The number of benzene rings is 1. The fourth-order valence-corrected chi connectivity index (χ4v) is 3.84. The minimum Gasteiger partial charge on any atom is -0.348 e. The van der Waals surface area contributed by atoms with Crippen molar-refractivity contribution in [1.29, 1.82) is 0 Å². The number of piperazine rings is 1. The molecule has 1 aliphatic heterocycles. The van der Waals surface area contributed by atoms with E-state index in [-0.39, 0.29) is 12.5 Å². The van der Waals surface area contributed by atoms with E-state index in [1.54, 1.807) is 0 Å². The monoisotopic (exact) mass is 365 g/mol. The molecule has 0 radical (unpaired) electrons. The zero-order valence-corrected chi connectivity index (χ0v) is 15.3. The average Bonchev–Trinajstić information content (AvgIpc) is 2.89. The second-order valence-corrected chi connectivity index (χ2v) is 8.27. The molecule has 0 spiro atoms. The van der Waals surface area contributed by atoms with Crippen molar-refractivity contribution in [2.24, 2.45) is 7.05 Å². The molecular formula is C16H23N5O3S. The van der Waals surface area contributed by atoms with Crippen LogP contribution in [0, 0.1) is 0 Å². The third kappa shape index (κ3) is 4.17. The molecule has 3 rings (SSSR count). The molecular weight excluding hydrogens is 342 g/mol. The number of amides is 1. The zero-order chi connectivity index (χ0) is 18.0. The molecule has 1 aliphatic rings. The van der Waals surface area contributed by atoms with E-state index >= 15 is 0 Å². The SMILES string of the molecule is Cn1c(CNC(=O)CN2CCN(S(C)(=O)=O)CC2)nc2ccccc21. The van der Waals surface area contributed by atoms with Gasteiger partial charge in [0.1, 0.15) is 5.82 Å². The van der Waals surface area contributed by atoms with Crippen molar-refractivity contribution in [3.8, 4) is 0 Å². The van der Waals surface area contributed by atoms with Gasteiger partial charge in [0, 0.05) is 33.2 Å². The summed E-state index contributed by atoms with van der Waals surface area (Å²) >= 11 is 0. The maximum atomic E-state index is 12.2. The number of rotatable bonds is 5. The predicted octanol–water partition coefficient (Wildman–Crippen LogP) is -0.233. The third-order valence-corrected chi connectivity index (χ3v) is 5.79. The number of carbonyl (C=O) groups is 1. The number of hydrogen-bond acceptors (Lipinski definition) is 5. The standard InChI is InChI=1S/C16H23N5O3S/c1-19-14-6-4-3-5-13(14)18-15(19)11-17-16(22)12-20-7-9-21(10-8-20)25(2,23)24/h3-6H,7-12H2,1-2H3,(H,17,22). The fourth-order valence-electron chi connectivity index (χ4n) is 3.01. The molecule has 0 saturated carbocycles. The fraction of sp³-hybridized carbons (Fsp3) is 0.500. The van der Waals surface area contributed by atoms with Crippen LogP contribution < -0.4 is 5.32 Å². The van der Waals surface area contributed by atoms with E-state index < -0.39 is 10.0 Å². The number of nitrogens with zero attached hydrogens (tertiary/aromatic N) is 4. The number of sulfonamides is 1. The van der Waals surface area contributed by atoms with Gasteiger partial charge in [-0.05, 0) is 12.1 Å². The van der Waals surface area contributed by atoms with Gasteiger partial charge in [-0.15, -0.1) is 0 Å². The molecule has 1 aromatic heterocycles. The van der Waals surface area contributed by atoms with Crippen LogP contribution in [0.1, 0.15) is 5.82 Å². The Kier molecular flexibility index (Phi) is 5.07. The van der Waals surface area contributed by atoms with Crippen molar-refractivity contribution in [2.45, 2.75) is 6.54 Å². The van der Waals surface area contributed by atoms with E-state index in [9.17, 15) is 13.2 Å². The van der Waals surface area contributed by atoms with E-state index in [4.69, 9.17) is 0 Å². The second-order valence-electron chi connectivity index (χ2n) is 6.29. The number of nitrogens with one attached hydrogen (secondary N) is 1. The number of aromatic nitrogens is 2. The summed E-state index contributed by atoms with van der Waals surface area (Å²) in [6, 6.07) is 7.84. The molecule has 1 saturated heterocycles. The lowest BCUT2D eigenvalue weighted by Crippen LogP contribution is -2.50. The summed E-state index contributed by atoms with van der Waals surface area (Å²) in [6.45, 7) is 2.61. The van der Waals surface area contributed by atoms with Crippen LogP contribution in [0.2, 0.25) is 0 Å². The number of aryl methyl sites for hydroxylation is 1. The van der Waals surface area contributed by atoms with Crippen LogP contribution in [-0.2, 0) is 28.4 Å². The van der Waals surface area contributed by atoms with Gasteiger partial charge in [0.25, 0.3) is 0 Å². The van der Waals surface area contributed by atoms with Gasteiger partial charge in [0.05, 0.1) is 30.4 Å². The number of hydrogen-bond donors (Lipinski definition) is 1. The molecule has 9 heteroatoms. The van der Waals surface area contributed by atoms with Crippen LogP contribution in [0.3, 0.4) is 0 Å². The summed E-state index contributed by atoms with van der Waals surface area (Å²) in [4.78, 5) is 18.7. The van der Waals surface area contributed by atoms with Crippen molar-refractivity contribution < 1.29 is 13.2 Å². The predicted molar refractivity (Wildman–Crippen MR) is 95.4 cm³/mol. The van der Waals surface area contributed by atoms with Gasteiger partial charge >= 0.3 is 0 Å². The highest BCUT2D eigenvalue weighted by molar-refractivity contribution is 7.88. The van der Waals surface area contributed by atoms with Gasteiger partial charge in [0.15, 0.2) is 0 Å². The topological polar surface area (TPSA) is 87.5 Å². The number of para-hydroxylation sites is 2. The zero-order valence-electron chi connectivity index (χ0n) is 14.5. The lowest BCUT2D eigenvalue weighted by atomic mass is 10.3. The summed E-state index contributed by atoms with van der Waals surface area (Å²) in [5, 5.41) is 2.89. The van der Waals surface area contributed by atoms with Crippen LogP contribution >= 0.6 is 0 Å². The van der Waals surface area contributed by atoms with E-state index in [1.165, 1.54) is 10.6 Å². The molecule has 136 valence electrons. The highest BCUT2D eigenvalue weighted by Crippen LogP contribution is 2.14. The molecule has 1 aromatic carbocycles. The molecule has 2 aromatic rings. The van der Waals surface area contributed by atoms with Crippen molar-refractivity contribution in [1.82, 2.24) is 24.1 Å². The minimum atomic E-state index is -3.15. The minimum absolute atomic E-state index is 0.0835. The van der Waals surface area contributed by atoms with E-state index in [0.717, 1.165) is 16.9 Å². The van der Waals surface area contributed by atoms with Gasteiger partial charge < -0.3 is 9.88 Å². The summed E-state index contributed by atoms with van der Waals surface area (Å²) in [6.07, 6.45) is 1.21. The lowest BCUT2D eigenvalue weighted by Gasteiger charge is -2.32. The molecule has 2 heterocycles. The maximum Gasteiger partial charge on any atom is 0.234 e. The molecule has 8 nitrogen and oxygen atoms in total. The van der Waals surface area contributed by atoms with Gasteiger partial charge in [-0.2, -0.15) is 4.31 Å². The Hall–Kier alpha value is -1.97. The molecule has 25 heavy (non-hydrogen) atoms. The molecule has 1 N–H and O–H groups in total. The van der Waals surface area contributed by atoms with Gasteiger partial charge in [-0.1, -0.05) is 12.1 Å². The smallest absolute Gasteiger partial charge is 0.234 e. The quantitative estimate of drug-likeness (QED) is 0.791. The van der Waals surface area contributed by atoms with Gasteiger partial charge in [-0.25, -0.2) is 13.4 Å². The molecule has 0 unspecified atom stereocenters. The van der Waals surface area contributed by atoms with Crippen LogP contribution in [0.25, 0.3) is 11.0 Å². The van der Waals surface area contributed by atoms with Crippen molar-refractivity contribution in [3.05, 3.63) is 30.1 Å². The normalized spacial score (nSPS) is 17.0. The van der Waals surface area contributed by atoms with Crippen molar-refractivity contribution in [3.63, 3.8) is 0 Å². The largest absolute Gasteiger partial charge is 0.348 e. The molecule has 1 fully saturated rings. The first-order valence-electron chi connectivity index (χ1n) is 8.19. The Bertz CT molecular complexity index is 869. The Morgan fingerprint density at radius 1 is 1.20 bits per heavy atom.